The van der Waals surface area contributed by atoms with E-state index in [1.807, 2.05) is 24.4 Å². The molecule has 0 N–H and O–H groups in total. The summed E-state index contributed by atoms with van der Waals surface area (Å²) in [5.74, 6) is 3.76. The minimum atomic E-state index is 0.571. The highest BCUT2D eigenvalue weighted by molar-refractivity contribution is 5.93. The summed E-state index contributed by atoms with van der Waals surface area (Å²) in [5, 5.41) is 2.08. The summed E-state index contributed by atoms with van der Waals surface area (Å²) in [7, 11) is 9.78. The first-order valence-corrected chi connectivity index (χ1v) is 13.9. The van der Waals surface area contributed by atoms with Gasteiger partial charge >= 0.3 is 0 Å². The van der Waals surface area contributed by atoms with E-state index >= 15 is 0 Å². The number of pyridine rings is 1. The van der Waals surface area contributed by atoms with Crippen LogP contribution < -0.4 is 28.4 Å². The molecular formula is C33H39N3O6. The van der Waals surface area contributed by atoms with Gasteiger partial charge in [0.2, 0.25) is 11.5 Å². The van der Waals surface area contributed by atoms with E-state index in [9.17, 15) is 0 Å². The molecule has 42 heavy (non-hydrogen) atoms. The number of hydrogen-bond donors (Lipinski definition) is 0. The van der Waals surface area contributed by atoms with Gasteiger partial charge in [-0.2, -0.15) is 0 Å². The van der Waals surface area contributed by atoms with Crippen molar-refractivity contribution in [3.8, 4) is 45.8 Å². The fraction of sp³-hybridized carbons (Fsp3) is 0.364. The average Bonchev–Trinajstić information content (AvgIpc) is 3.03. The van der Waals surface area contributed by atoms with E-state index < -0.39 is 0 Å². The molecule has 0 unspecified atom stereocenters. The number of nitrogens with zero attached hydrogens (tertiary/aromatic N) is 3. The van der Waals surface area contributed by atoms with Gasteiger partial charge in [0.25, 0.3) is 0 Å². The van der Waals surface area contributed by atoms with Crippen LogP contribution in [0.2, 0.25) is 0 Å². The van der Waals surface area contributed by atoms with Crippen molar-refractivity contribution < 1.29 is 28.4 Å². The van der Waals surface area contributed by atoms with E-state index in [0.717, 1.165) is 61.3 Å². The monoisotopic (exact) mass is 573 g/mol. The molecule has 3 aromatic carbocycles. The Kier molecular flexibility index (Phi) is 9.19. The molecule has 0 amide bonds. The highest BCUT2D eigenvalue weighted by Gasteiger charge is 2.20. The van der Waals surface area contributed by atoms with E-state index in [1.54, 1.807) is 42.7 Å². The molecule has 9 heteroatoms. The Balaban J connectivity index is 1.24. The van der Waals surface area contributed by atoms with E-state index in [0.29, 0.717) is 34.5 Å². The Morgan fingerprint density at radius 1 is 0.571 bits per heavy atom. The second-order valence-corrected chi connectivity index (χ2v) is 10.2. The van der Waals surface area contributed by atoms with Gasteiger partial charge in [-0.05, 0) is 52.9 Å². The average molecular weight is 574 g/mol. The van der Waals surface area contributed by atoms with E-state index in [1.165, 1.54) is 11.1 Å². The van der Waals surface area contributed by atoms with Gasteiger partial charge in [-0.25, -0.2) is 0 Å². The number of hydrogen-bond acceptors (Lipinski definition) is 9. The molecule has 0 aliphatic carbocycles. The summed E-state index contributed by atoms with van der Waals surface area (Å²) in [6.45, 7) is 5.74. The Morgan fingerprint density at radius 2 is 1.12 bits per heavy atom. The zero-order valence-electron chi connectivity index (χ0n) is 25.2. The summed E-state index contributed by atoms with van der Waals surface area (Å²) in [6, 6.07) is 16.6. The Bertz CT molecular complexity index is 1510. The van der Waals surface area contributed by atoms with Crippen LogP contribution in [0.25, 0.3) is 22.0 Å². The molecule has 5 rings (SSSR count). The first kappa shape index (κ1) is 29.3. The summed E-state index contributed by atoms with van der Waals surface area (Å²) in [6.07, 6.45) is 1.86. The van der Waals surface area contributed by atoms with Gasteiger partial charge < -0.3 is 28.4 Å². The molecule has 1 fully saturated rings. The van der Waals surface area contributed by atoms with Crippen LogP contribution in [0, 0.1) is 0 Å². The van der Waals surface area contributed by atoms with Crippen molar-refractivity contribution >= 4 is 10.8 Å². The van der Waals surface area contributed by atoms with Crippen LogP contribution in [-0.4, -0.2) is 83.6 Å². The van der Waals surface area contributed by atoms with Crippen LogP contribution in [0.4, 0.5) is 0 Å². The smallest absolute Gasteiger partial charge is 0.203 e. The third-order valence-corrected chi connectivity index (χ3v) is 7.77. The lowest BCUT2D eigenvalue weighted by atomic mass is 10.0. The fourth-order valence-electron chi connectivity index (χ4n) is 5.61. The number of methoxy groups -OCH3 is 6. The first-order chi connectivity index (χ1) is 20.5. The summed E-state index contributed by atoms with van der Waals surface area (Å²) < 4.78 is 33.3. The van der Waals surface area contributed by atoms with Crippen molar-refractivity contribution in [1.82, 2.24) is 14.8 Å². The van der Waals surface area contributed by atoms with Crippen molar-refractivity contribution in [1.29, 1.82) is 0 Å². The number of aromatic nitrogens is 1. The molecule has 222 valence electrons. The molecule has 0 bridgehead atoms. The minimum absolute atomic E-state index is 0.571. The maximum atomic E-state index is 5.66. The van der Waals surface area contributed by atoms with Crippen LogP contribution in [-0.2, 0) is 13.1 Å². The number of ether oxygens (including phenoxy) is 6. The molecule has 0 radical (unpaired) electrons. The number of rotatable bonds is 11. The van der Waals surface area contributed by atoms with Crippen molar-refractivity contribution in [2.75, 3.05) is 68.8 Å². The lowest BCUT2D eigenvalue weighted by Gasteiger charge is -2.34. The zero-order chi connectivity index (χ0) is 29.6. The maximum Gasteiger partial charge on any atom is 0.203 e. The van der Waals surface area contributed by atoms with Crippen molar-refractivity contribution in [3.63, 3.8) is 0 Å². The first-order valence-electron chi connectivity index (χ1n) is 13.9. The lowest BCUT2D eigenvalue weighted by molar-refractivity contribution is 0.122. The predicted molar refractivity (Wildman–Crippen MR) is 163 cm³/mol. The van der Waals surface area contributed by atoms with Gasteiger partial charge in [0.15, 0.2) is 23.0 Å². The fourth-order valence-corrected chi connectivity index (χ4v) is 5.61. The van der Waals surface area contributed by atoms with Gasteiger partial charge in [0.05, 0.1) is 48.4 Å². The van der Waals surface area contributed by atoms with Gasteiger partial charge in [-0.3, -0.25) is 14.8 Å². The Morgan fingerprint density at radius 3 is 1.67 bits per heavy atom. The molecule has 0 saturated carbocycles. The van der Waals surface area contributed by atoms with Crippen LogP contribution in [0.5, 0.6) is 34.5 Å². The highest BCUT2D eigenvalue weighted by atomic mass is 16.5. The molecule has 9 nitrogen and oxygen atoms in total. The van der Waals surface area contributed by atoms with Crippen LogP contribution in [0.3, 0.4) is 0 Å². The largest absolute Gasteiger partial charge is 0.493 e. The number of piperazine rings is 1. The van der Waals surface area contributed by atoms with Gasteiger partial charge in [0, 0.05) is 56.4 Å². The molecule has 0 atom stereocenters. The molecule has 1 saturated heterocycles. The molecule has 4 aromatic rings. The summed E-state index contributed by atoms with van der Waals surface area (Å²) in [4.78, 5) is 9.62. The molecule has 1 aliphatic rings. The van der Waals surface area contributed by atoms with Crippen molar-refractivity contribution in [2.45, 2.75) is 13.1 Å². The minimum Gasteiger partial charge on any atom is -0.493 e. The SMILES string of the molecule is COc1cc(-c2cc(CN3CCN(Cc4ccc5c(OC)c(OC)c(OC)cc5c4)CC3)ccn2)cc(OC)c1OC. The van der Waals surface area contributed by atoms with Crippen LogP contribution in [0.15, 0.2) is 54.7 Å². The van der Waals surface area contributed by atoms with E-state index in [2.05, 4.69) is 45.1 Å². The van der Waals surface area contributed by atoms with Crippen molar-refractivity contribution in [3.05, 3.63) is 65.9 Å². The number of benzene rings is 3. The maximum absolute atomic E-state index is 5.66. The highest BCUT2D eigenvalue weighted by Crippen LogP contribution is 2.44. The molecular weight excluding hydrogens is 534 g/mol. The third kappa shape index (κ3) is 6.03. The van der Waals surface area contributed by atoms with Crippen LogP contribution >= 0.6 is 0 Å². The standard InChI is InChI=1S/C33H39N3O6/c1-37-28-18-25(19-29(38-2)32(28)41-5)27-16-23(9-10-34-27)21-36-13-11-35(12-14-36)20-22-7-8-26-24(15-22)17-30(39-3)33(42-6)31(26)40-4/h7-10,15-19H,11-14,20-21H2,1-6H3. The van der Waals surface area contributed by atoms with Gasteiger partial charge in [0.1, 0.15) is 0 Å². The Labute approximate surface area is 247 Å². The number of fused-ring (bicyclic) bond motifs is 1. The summed E-state index contributed by atoms with van der Waals surface area (Å²) in [5.41, 5.74) is 4.26. The molecule has 1 aromatic heterocycles. The second kappa shape index (κ2) is 13.2. The van der Waals surface area contributed by atoms with Crippen molar-refractivity contribution in [2.24, 2.45) is 0 Å². The predicted octanol–water partition coefficient (Wildman–Crippen LogP) is 5.27. The third-order valence-electron chi connectivity index (χ3n) is 7.77. The van der Waals surface area contributed by atoms with Gasteiger partial charge in [-0.1, -0.05) is 12.1 Å². The second-order valence-electron chi connectivity index (χ2n) is 10.2. The normalized spacial score (nSPS) is 14.0. The molecule has 1 aliphatic heterocycles. The quantitative estimate of drug-likeness (QED) is 0.239. The van der Waals surface area contributed by atoms with Gasteiger partial charge in [-0.15, -0.1) is 0 Å². The van der Waals surface area contributed by atoms with E-state index in [-0.39, 0.29) is 0 Å². The van der Waals surface area contributed by atoms with Crippen LogP contribution in [0.1, 0.15) is 11.1 Å². The molecule has 0 spiro atoms. The zero-order valence-corrected chi connectivity index (χ0v) is 25.2. The lowest BCUT2D eigenvalue weighted by Crippen LogP contribution is -2.45. The molecule has 2 heterocycles. The topological polar surface area (TPSA) is 74.8 Å². The van der Waals surface area contributed by atoms with E-state index in [4.69, 9.17) is 28.4 Å². The summed E-state index contributed by atoms with van der Waals surface area (Å²) >= 11 is 0. The Hall–Kier alpha value is -4.21.